The van der Waals surface area contributed by atoms with Crippen molar-refractivity contribution in [1.29, 1.82) is 0 Å². The number of nitrogens with one attached hydrogen (secondary N) is 4. The molecule has 5 fully saturated rings. The van der Waals surface area contributed by atoms with Crippen LogP contribution in [0, 0.1) is 17.6 Å². The number of carbonyl (C=O) groups excluding carboxylic acids is 4. The number of imide groups is 1. The average molecular weight is 799 g/mol. The van der Waals surface area contributed by atoms with Crippen molar-refractivity contribution in [2.75, 3.05) is 48.4 Å². The van der Waals surface area contributed by atoms with Crippen molar-refractivity contribution in [3.05, 3.63) is 65.9 Å². The lowest BCUT2D eigenvalue weighted by Gasteiger charge is -2.41. The predicted octanol–water partition coefficient (Wildman–Crippen LogP) is 5.28. The summed E-state index contributed by atoms with van der Waals surface area (Å²) in [6.45, 7) is 2.72. The third-order valence-corrected chi connectivity index (χ3v) is 12.7. The van der Waals surface area contributed by atoms with Crippen molar-refractivity contribution in [1.82, 2.24) is 25.5 Å². The van der Waals surface area contributed by atoms with Gasteiger partial charge >= 0.3 is 0 Å². The molecule has 0 spiro atoms. The van der Waals surface area contributed by atoms with E-state index in [2.05, 4.69) is 36.1 Å². The van der Waals surface area contributed by atoms with Gasteiger partial charge in [0.15, 0.2) is 5.82 Å². The maximum Gasteiger partial charge on any atom is 0.253 e. The zero-order valence-corrected chi connectivity index (χ0v) is 32.7. The van der Waals surface area contributed by atoms with Gasteiger partial charge < -0.3 is 30.5 Å². The van der Waals surface area contributed by atoms with Gasteiger partial charge in [0.25, 0.3) is 5.91 Å². The number of carbonyl (C=O) groups is 4. The second-order valence-electron chi connectivity index (χ2n) is 16.4. The van der Waals surface area contributed by atoms with E-state index in [1.54, 1.807) is 23.1 Å². The van der Waals surface area contributed by atoms with Gasteiger partial charge in [-0.15, -0.1) is 0 Å². The maximum absolute atomic E-state index is 15.3. The van der Waals surface area contributed by atoms with Gasteiger partial charge in [-0.05, 0) is 119 Å². The van der Waals surface area contributed by atoms with Crippen LogP contribution in [-0.2, 0) is 23.9 Å². The van der Waals surface area contributed by atoms with E-state index in [1.165, 1.54) is 12.3 Å². The van der Waals surface area contributed by atoms with Gasteiger partial charge in [0.2, 0.25) is 23.7 Å². The molecule has 0 radical (unpaired) electrons. The summed E-state index contributed by atoms with van der Waals surface area (Å²) in [7, 11) is 0. The van der Waals surface area contributed by atoms with E-state index in [4.69, 9.17) is 4.74 Å². The molecule has 2 aliphatic carbocycles. The zero-order valence-electron chi connectivity index (χ0n) is 32.7. The second-order valence-corrected chi connectivity index (χ2v) is 16.4. The number of ether oxygens (including phenoxy) is 1. The SMILES string of the molecule is O=C1CCC(Nc2ccc(C3CCN(C4CCC(NC(=O)C5CCC(Nc6ncc(F)c(-c7cccc(N8CCOCC8=O)c7)n6)CC5)CC4)CC3)c(F)c2)C(=O)N1. The Morgan fingerprint density at radius 3 is 2.34 bits per heavy atom. The topological polar surface area (TPSA) is 158 Å². The van der Waals surface area contributed by atoms with Crippen molar-refractivity contribution in [3.8, 4) is 11.3 Å². The molecule has 4 amide bonds. The van der Waals surface area contributed by atoms with E-state index in [9.17, 15) is 23.6 Å². The molecule has 5 aliphatic rings. The van der Waals surface area contributed by atoms with E-state index < -0.39 is 11.9 Å². The highest BCUT2D eigenvalue weighted by atomic mass is 19.1. The van der Waals surface area contributed by atoms with Crippen molar-refractivity contribution in [2.45, 2.75) is 107 Å². The van der Waals surface area contributed by atoms with Gasteiger partial charge in [-0.2, -0.15) is 0 Å². The lowest BCUT2D eigenvalue weighted by Crippen LogP contribution is -2.47. The molecular weight excluding hydrogens is 747 g/mol. The fourth-order valence-corrected chi connectivity index (χ4v) is 9.39. The molecule has 4 heterocycles. The Morgan fingerprint density at radius 1 is 0.828 bits per heavy atom. The predicted molar refractivity (Wildman–Crippen MR) is 214 cm³/mol. The van der Waals surface area contributed by atoms with E-state index >= 15 is 4.39 Å². The normalized spacial score (nSPS) is 26.2. The van der Waals surface area contributed by atoms with E-state index in [-0.39, 0.29) is 72.1 Å². The minimum atomic E-state index is -0.549. The molecule has 15 heteroatoms. The Morgan fingerprint density at radius 2 is 1.60 bits per heavy atom. The summed E-state index contributed by atoms with van der Waals surface area (Å²) in [5, 5.41) is 12.1. The first-order valence-corrected chi connectivity index (χ1v) is 20.9. The molecule has 1 aromatic heterocycles. The number of hydrogen-bond donors (Lipinski definition) is 4. The number of anilines is 3. The number of nitrogens with zero attached hydrogens (tertiary/aromatic N) is 4. The Balaban J connectivity index is 0.754. The van der Waals surface area contributed by atoms with Gasteiger partial charge in [-0.3, -0.25) is 24.5 Å². The molecule has 2 aromatic carbocycles. The molecule has 308 valence electrons. The smallest absolute Gasteiger partial charge is 0.253 e. The third kappa shape index (κ3) is 9.31. The quantitative estimate of drug-likeness (QED) is 0.199. The van der Waals surface area contributed by atoms with Crippen molar-refractivity contribution < 1.29 is 32.7 Å². The van der Waals surface area contributed by atoms with E-state index in [1.807, 2.05) is 18.2 Å². The van der Waals surface area contributed by atoms with Crippen LogP contribution in [0.3, 0.4) is 0 Å². The molecule has 4 N–H and O–H groups in total. The van der Waals surface area contributed by atoms with Gasteiger partial charge in [0, 0.05) is 53.9 Å². The third-order valence-electron chi connectivity index (χ3n) is 12.7. The first-order valence-electron chi connectivity index (χ1n) is 20.9. The van der Waals surface area contributed by atoms with Gasteiger partial charge in [0.05, 0.1) is 12.8 Å². The molecule has 1 atom stereocenters. The summed E-state index contributed by atoms with van der Waals surface area (Å²) >= 11 is 0. The maximum atomic E-state index is 15.3. The number of likely N-dealkylation sites (tertiary alicyclic amines) is 1. The van der Waals surface area contributed by atoms with Crippen LogP contribution in [0.4, 0.5) is 26.1 Å². The van der Waals surface area contributed by atoms with Gasteiger partial charge in [-0.1, -0.05) is 18.2 Å². The fourth-order valence-electron chi connectivity index (χ4n) is 9.39. The number of benzene rings is 2. The Bertz CT molecular complexity index is 1990. The van der Waals surface area contributed by atoms with Crippen molar-refractivity contribution in [2.24, 2.45) is 5.92 Å². The Kier molecular flexibility index (Phi) is 12.3. The van der Waals surface area contributed by atoms with Gasteiger partial charge in [-0.25, -0.2) is 18.7 Å². The lowest BCUT2D eigenvalue weighted by atomic mass is 9.83. The van der Waals surface area contributed by atoms with Gasteiger partial charge in [0.1, 0.15) is 24.2 Å². The number of amides is 4. The van der Waals surface area contributed by atoms with Crippen molar-refractivity contribution in [3.63, 3.8) is 0 Å². The highest BCUT2D eigenvalue weighted by Gasteiger charge is 2.33. The summed E-state index contributed by atoms with van der Waals surface area (Å²) < 4.78 is 35.5. The van der Waals surface area contributed by atoms with Crippen LogP contribution >= 0.6 is 0 Å². The summed E-state index contributed by atoms with van der Waals surface area (Å²) in [4.78, 5) is 62.2. The largest absolute Gasteiger partial charge is 0.374 e. The molecule has 2 saturated carbocycles. The van der Waals surface area contributed by atoms with Crippen LogP contribution in [-0.4, -0.2) is 95.5 Å². The van der Waals surface area contributed by atoms with Crippen LogP contribution in [0.15, 0.2) is 48.7 Å². The molecular formula is C43H52F2N8O5. The average Bonchev–Trinajstić information content (AvgIpc) is 3.23. The number of halogens is 2. The molecule has 3 saturated heterocycles. The Labute approximate surface area is 337 Å². The molecule has 0 bridgehead atoms. The summed E-state index contributed by atoms with van der Waals surface area (Å²) in [5.74, 6) is -1.06. The van der Waals surface area contributed by atoms with Crippen LogP contribution < -0.4 is 26.2 Å². The number of hydrogen-bond acceptors (Lipinski definition) is 10. The summed E-state index contributed by atoms with van der Waals surface area (Å²) in [6, 6.07) is 12.4. The standard InChI is InChI=1S/C43H52F2N8O5/c44-35-23-31(47-37-14-15-38(54)50-42(37)57)10-13-34(35)26-16-18-52(19-17-26)32-11-8-29(9-12-32)48-41(56)27-4-6-30(7-5-27)49-43-46-24-36(45)40(51-43)28-2-1-3-33(22-28)53-20-21-58-25-39(53)55/h1-3,10,13,22-24,26-27,29-30,32,37,47H,4-9,11-12,14-21,25H2,(H,48,56)(H,46,49,51)(H,50,54,57). The molecule has 58 heavy (non-hydrogen) atoms. The number of aromatic nitrogens is 2. The first kappa shape index (κ1) is 39.8. The molecule has 13 nitrogen and oxygen atoms in total. The van der Waals surface area contributed by atoms with Crippen LogP contribution in [0.2, 0.25) is 0 Å². The highest BCUT2D eigenvalue weighted by molar-refractivity contribution is 6.01. The minimum Gasteiger partial charge on any atom is -0.374 e. The number of rotatable bonds is 10. The zero-order chi connectivity index (χ0) is 40.2. The van der Waals surface area contributed by atoms with E-state index in [0.717, 1.165) is 77.3 Å². The lowest BCUT2D eigenvalue weighted by molar-refractivity contribution is -0.133. The number of piperidine rings is 2. The van der Waals surface area contributed by atoms with Crippen LogP contribution in [0.5, 0.6) is 0 Å². The van der Waals surface area contributed by atoms with Crippen molar-refractivity contribution >= 4 is 41.0 Å². The molecule has 3 aromatic rings. The highest BCUT2D eigenvalue weighted by Crippen LogP contribution is 2.35. The second kappa shape index (κ2) is 17.9. The minimum absolute atomic E-state index is 0.0217. The number of morpholine rings is 1. The molecule has 1 unspecified atom stereocenters. The fraction of sp³-hybridized carbons (Fsp3) is 0.535. The first-order chi connectivity index (χ1) is 28.2. The van der Waals surface area contributed by atoms with E-state index in [0.29, 0.717) is 54.1 Å². The monoisotopic (exact) mass is 798 g/mol. The van der Waals surface area contributed by atoms with Crippen LogP contribution in [0.1, 0.15) is 88.5 Å². The van der Waals surface area contributed by atoms with Crippen LogP contribution in [0.25, 0.3) is 11.3 Å². The summed E-state index contributed by atoms with van der Waals surface area (Å²) in [6.07, 6.45) is 10.6. The molecule has 3 aliphatic heterocycles. The molecule has 8 rings (SSSR count). The Hall–Kier alpha value is -5.02. The summed E-state index contributed by atoms with van der Waals surface area (Å²) in [5.41, 5.74) is 2.63.